The summed E-state index contributed by atoms with van der Waals surface area (Å²) in [5.74, 6) is -0.232. The molecule has 0 radical (unpaired) electrons. The molecule has 0 N–H and O–H groups in total. The number of piperazine rings is 1. The zero-order valence-electron chi connectivity index (χ0n) is 19.1. The van der Waals surface area contributed by atoms with Crippen LogP contribution in [0.25, 0.3) is 11.0 Å². The number of rotatable bonds is 3. The summed E-state index contributed by atoms with van der Waals surface area (Å²) < 4.78 is 15.8. The molecule has 0 spiro atoms. The van der Waals surface area contributed by atoms with Gasteiger partial charge in [0.15, 0.2) is 0 Å². The third kappa shape index (κ3) is 3.73. The van der Waals surface area contributed by atoms with Gasteiger partial charge in [-0.15, -0.1) is 0 Å². The van der Waals surface area contributed by atoms with E-state index in [2.05, 4.69) is 22.9 Å². The highest BCUT2D eigenvalue weighted by molar-refractivity contribution is 5.92. The molecule has 7 nitrogen and oxygen atoms in total. The Labute approximate surface area is 191 Å². The maximum atomic E-state index is 14.4. The fourth-order valence-electron chi connectivity index (χ4n) is 4.83. The standard InChI is InChI=1S/C25H25FN6O/c1-15-14-32(16(2)13-31(15)17(3)19-7-5-6-8-21(19)26)24-20(12-28)25(33)30(4)22-10-9-18(11-27)29-23(22)24/h5-10,15-17H,13-14H2,1-4H3/t15-,16+,17?/m1/s1. The van der Waals surface area contributed by atoms with Crippen molar-refractivity contribution in [3.05, 3.63) is 69.4 Å². The van der Waals surface area contributed by atoms with Crippen LogP contribution in [0.15, 0.2) is 41.2 Å². The van der Waals surface area contributed by atoms with E-state index < -0.39 is 5.56 Å². The van der Waals surface area contributed by atoms with E-state index in [4.69, 9.17) is 0 Å². The van der Waals surface area contributed by atoms with Crippen LogP contribution >= 0.6 is 0 Å². The minimum absolute atomic E-state index is 0.0145. The quantitative estimate of drug-likeness (QED) is 0.615. The average molecular weight is 445 g/mol. The molecule has 0 bridgehead atoms. The molecule has 1 aliphatic rings. The van der Waals surface area contributed by atoms with Gasteiger partial charge in [0.1, 0.15) is 34.7 Å². The number of anilines is 1. The fourth-order valence-corrected chi connectivity index (χ4v) is 4.83. The lowest BCUT2D eigenvalue weighted by atomic mass is 9.99. The summed E-state index contributed by atoms with van der Waals surface area (Å²) in [6.07, 6.45) is 0. The van der Waals surface area contributed by atoms with E-state index in [9.17, 15) is 19.7 Å². The second-order valence-corrected chi connectivity index (χ2v) is 8.62. The van der Waals surface area contributed by atoms with Crippen LogP contribution in [0.3, 0.4) is 0 Å². The van der Waals surface area contributed by atoms with E-state index >= 15 is 0 Å². The highest BCUT2D eigenvalue weighted by Gasteiger charge is 2.35. The molecular formula is C25H25FN6O. The van der Waals surface area contributed by atoms with Gasteiger partial charge in [-0.3, -0.25) is 9.69 Å². The Morgan fingerprint density at radius 2 is 1.82 bits per heavy atom. The summed E-state index contributed by atoms with van der Waals surface area (Å²) in [6, 6.07) is 14.0. The normalized spacial score (nSPS) is 19.8. The number of nitrogens with zero attached hydrogens (tertiary/aromatic N) is 6. The van der Waals surface area contributed by atoms with Crippen LogP contribution in [0, 0.1) is 28.5 Å². The van der Waals surface area contributed by atoms with Crippen LogP contribution in [0.5, 0.6) is 0 Å². The van der Waals surface area contributed by atoms with Crippen molar-refractivity contribution in [1.29, 1.82) is 10.5 Å². The molecule has 33 heavy (non-hydrogen) atoms. The Hall–Kier alpha value is -3.75. The number of benzene rings is 1. The molecule has 0 aliphatic carbocycles. The largest absolute Gasteiger partial charge is 0.363 e. The van der Waals surface area contributed by atoms with Crippen LogP contribution in [-0.2, 0) is 7.05 Å². The molecule has 0 amide bonds. The van der Waals surface area contributed by atoms with Gasteiger partial charge in [0.25, 0.3) is 5.56 Å². The number of aryl methyl sites for hydroxylation is 1. The molecule has 4 rings (SSSR count). The fraction of sp³-hybridized carbons (Fsp3) is 0.360. The van der Waals surface area contributed by atoms with E-state index in [0.29, 0.717) is 35.4 Å². The first-order valence-corrected chi connectivity index (χ1v) is 10.9. The van der Waals surface area contributed by atoms with Gasteiger partial charge in [-0.1, -0.05) is 18.2 Å². The number of hydrogen-bond donors (Lipinski definition) is 0. The molecule has 1 saturated heterocycles. The van der Waals surface area contributed by atoms with E-state index in [1.165, 1.54) is 10.6 Å². The highest BCUT2D eigenvalue weighted by Crippen LogP contribution is 2.34. The van der Waals surface area contributed by atoms with Gasteiger partial charge >= 0.3 is 0 Å². The van der Waals surface area contributed by atoms with Crippen LogP contribution < -0.4 is 10.5 Å². The molecule has 1 aromatic carbocycles. The molecular weight excluding hydrogens is 419 g/mol. The number of pyridine rings is 2. The van der Waals surface area contributed by atoms with E-state index in [1.807, 2.05) is 30.9 Å². The Kier molecular flexibility index (Phi) is 5.88. The molecule has 8 heteroatoms. The van der Waals surface area contributed by atoms with Gasteiger partial charge in [0, 0.05) is 43.8 Å². The Morgan fingerprint density at radius 1 is 1.09 bits per heavy atom. The molecule has 3 heterocycles. The summed E-state index contributed by atoms with van der Waals surface area (Å²) in [5.41, 5.74) is 1.97. The van der Waals surface area contributed by atoms with Crippen molar-refractivity contribution in [2.45, 2.75) is 38.9 Å². The number of halogens is 1. The van der Waals surface area contributed by atoms with Crippen molar-refractivity contribution < 1.29 is 4.39 Å². The highest BCUT2D eigenvalue weighted by atomic mass is 19.1. The molecule has 168 valence electrons. The number of aromatic nitrogens is 2. The Bertz CT molecular complexity index is 1370. The predicted octanol–water partition coefficient (Wildman–Crippen LogP) is 3.48. The SMILES string of the molecule is CC(c1ccccc1F)N1C[C@H](C)N(c2c(C#N)c(=O)n(C)c3ccc(C#N)nc23)C[C@H]1C. The van der Waals surface area contributed by atoms with Gasteiger partial charge in [0.05, 0.1) is 11.2 Å². The van der Waals surface area contributed by atoms with Gasteiger partial charge in [-0.05, 0) is 39.0 Å². The number of fused-ring (bicyclic) bond motifs is 1. The molecule has 0 saturated carbocycles. The maximum absolute atomic E-state index is 14.4. The van der Waals surface area contributed by atoms with E-state index in [1.54, 1.807) is 31.3 Å². The molecule has 3 atom stereocenters. The lowest BCUT2D eigenvalue weighted by Crippen LogP contribution is -2.57. The zero-order chi connectivity index (χ0) is 23.9. The second kappa shape index (κ2) is 8.65. The third-order valence-corrected chi connectivity index (χ3v) is 6.62. The second-order valence-electron chi connectivity index (χ2n) is 8.62. The first-order chi connectivity index (χ1) is 15.8. The summed E-state index contributed by atoms with van der Waals surface area (Å²) in [5, 5.41) is 19.2. The van der Waals surface area contributed by atoms with Crippen molar-refractivity contribution in [1.82, 2.24) is 14.5 Å². The lowest BCUT2D eigenvalue weighted by Gasteiger charge is -2.48. The summed E-state index contributed by atoms with van der Waals surface area (Å²) >= 11 is 0. The van der Waals surface area contributed by atoms with E-state index in [-0.39, 0.29) is 35.2 Å². The zero-order valence-corrected chi connectivity index (χ0v) is 19.1. The van der Waals surface area contributed by atoms with Crippen LogP contribution in [0.2, 0.25) is 0 Å². The first-order valence-electron chi connectivity index (χ1n) is 10.9. The van der Waals surface area contributed by atoms with Gasteiger partial charge in [-0.25, -0.2) is 9.37 Å². The lowest BCUT2D eigenvalue weighted by molar-refractivity contribution is 0.117. The minimum Gasteiger partial charge on any atom is -0.363 e. The van der Waals surface area contributed by atoms with Crippen LogP contribution in [0.4, 0.5) is 10.1 Å². The number of hydrogen-bond acceptors (Lipinski definition) is 6. The molecule has 3 aromatic rings. The van der Waals surface area contributed by atoms with Crippen molar-refractivity contribution in [3.8, 4) is 12.1 Å². The van der Waals surface area contributed by atoms with Crippen LogP contribution in [-0.4, -0.2) is 39.6 Å². The number of nitriles is 2. The van der Waals surface area contributed by atoms with Crippen molar-refractivity contribution in [2.24, 2.45) is 7.05 Å². The summed E-state index contributed by atoms with van der Waals surface area (Å²) in [6.45, 7) is 7.20. The maximum Gasteiger partial charge on any atom is 0.270 e. The Balaban J connectivity index is 1.80. The first kappa shape index (κ1) is 22.4. The predicted molar refractivity (Wildman–Crippen MR) is 124 cm³/mol. The Morgan fingerprint density at radius 3 is 2.48 bits per heavy atom. The molecule has 2 aromatic heterocycles. The summed E-state index contributed by atoms with van der Waals surface area (Å²) in [7, 11) is 1.60. The van der Waals surface area contributed by atoms with Gasteiger partial charge in [0.2, 0.25) is 0 Å². The van der Waals surface area contributed by atoms with E-state index in [0.717, 1.165) is 0 Å². The summed E-state index contributed by atoms with van der Waals surface area (Å²) in [4.78, 5) is 21.7. The molecule has 1 aliphatic heterocycles. The third-order valence-electron chi connectivity index (χ3n) is 6.62. The topological polar surface area (TPSA) is 89.0 Å². The van der Waals surface area contributed by atoms with Gasteiger partial charge < -0.3 is 9.47 Å². The van der Waals surface area contributed by atoms with Crippen molar-refractivity contribution >= 4 is 16.7 Å². The van der Waals surface area contributed by atoms with Crippen molar-refractivity contribution in [3.63, 3.8) is 0 Å². The smallest absolute Gasteiger partial charge is 0.270 e. The van der Waals surface area contributed by atoms with Crippen LogP contribution in [0.1, 0.15) is 43.6 Å². The van der Waals surface area contributed by atoms with Crippen molar-refractivity contribution in [2.75, 3.05) is 18.0 Å². The minimum atomic E-state index is -0.395. The molecule has 1 unspecified atom stereocenters. The van der Waals surface area contributed by atoms with Gasteiger partial charge in [-0.2, -0.15) is 10.5 Å². The monoisotopic (exact) mass is 444 g/mol. The molecule has 1 fully saturated rings. The average Bonchev–Trinajstić information content (AvgIpc) is 2.82.